The number of thioether (sulfide) groups is 1. The van der Waals surface area contributed by atoms with Gasteiger partial charge in [-0.3, -0.25) is 0 Å². The highest BCUT2D eigenvalue weighted by molar-refractivity contribution is 7.99. The van der Waals surface area contributed by atoms with Crippen molar-refractivity contribution in [1.82, 2.24) is 4.98 Å². The van der Waals surface area contributed by atoms with E-state index in [1.54, 1.807) is 0 Å². The molecule has 0 bridgehead atoms. The Morgan fingerprint density at radius 2 is 2.29 bits per heavy atom. The van der Waals surface area contributed by atoms with Crippen molar-refractivity contribution in [3.63, 3.8) is 0 Å². The standard InChI is InChI=1S/C14H22N2S/c1-2-11-6-7-12(10-15)13(9-11)17-14-5-3-4-8-16-14/h3-5,8,11-13H,2,6-7,9-10,15H2,1H3. The van der Waals surface area contributed by atoms with Gasteiger partial charge in [0.25, 0.3) is 0 Å². The van der Waals surface area contributed by atoms with Crippen molar-refractivity contribution in [2.75, 3.05) is 6.54 Å². The second kappa shape index (κ2) is 6.41. The third-order valence-corrected chi connectivity index (χ3v) is 5.19. The Morgan fingerprint density at radius 1 is 1.41 bits per heavy atom. The van der Waals surface area contributed by atoms with E-state index in [2.05, 4.69) is 24.0 Å². The highest BCUT2D eigenvalue weighted by Gasteiger charge is 2.29. The van der Waals surface area contributed by atoms with Gasteiger partial charge >= 0.3 is 0 Å². The van der Waals surface area contributed by atoms with E-state index < -0.39 is 0 Å². The van der Waals surface area contributed by atoms with Crippen LogP contribution in [0.3, 0.4) is 0 Å². The molecule has 1 fully saturated rings. The van der Waals surface area contributed by atoms with Crippen molar-refractivity contribution in [1.29, 1.82) is 0 Å². The third kappa shape index (κ3) is 3.46. The average molecular weight is 250 g/mol. The minimum absolute atomic E-state index is 0.661. The zero-order chi connectivity index (χ0) is 12.1. The van der Waals surface area contributed by atoms with Gasteiger partial charge in [0.15, 0.2) is 0 Å². The van der Waals surface area contributed by atoms with Crippen molar-refractivity contribution in [2.24, 2.45) is 17.6 Å². The molecule has 2 rings (SSSR count). The summed E-state index contributed by atoms with van der Waals surface area (Å²) in [5.74, 6) is 1.56. The maximum atomic E-state index is 5.90. The Labute approximate surface area is 108 Å². The van der Waals surface area contributed by atoms with E-state index in [1.165, 1.54) is 25.7 Å². The van der Waals surface area contributed by atoms with Crippen molar-refractivity contribution in [3.05, 3.63) is 24.4 Å². The summed E-state index contributed by atoms with van der Waals surface area (Å²) < 4.78 is 0. The highest BCUT2D eigenvalue weighted by atomic mass is 32.2. The quantitative estimate of drug-likeness (QED) is 0.891. The number of hydrogen-bond acceptors (Lipinski definition) is 3. The van der Waals surface area contributed by atoms with Crippen LogP contribution in [-0.4, -0.2) is 16.8 Å². The first-order valence-corrected chi connectivity index (χ1v) is 7.49. The van der Waals surface area contributed by atoms with Crippen molar-refractivity contribution >= 4 is 11.8 Å². The fourth-order valence-corrected chi connectivity index (χ4v) is 4.03. The van der Waals surface area contributed by atoms with Crippen LogP contribution in [0.15, 0.2) is 29.4 Å². The minimum atomic E-state index is 0.661. The molecule has 0 radical (unpaired) electrons. The van der Waals surface area contributed by atoms with E-state index in [9.17, 15) is 0 Å². The zero-order valence-electron chi connectivity index (χ0n) is 10.5. The molecule has 1 aliphatic rings. The summed E-state index contributed by atoms with van der Waals surface area (Å²) in [4.78, 5) is 4.41. The Balaban J connectivity index is 2.00. The number of rotatable bonds is 4. The first-order valence-electron chi connectivity index (χ1n) is 6.61. The van der Waals surface area contributed by atoms with E-state index in [-0.39, 0.29) is 0 Å². The topological polar surface area (TPSA) is 38.9 Å². The summed E-state index contributed by atoms with van der Waals surface area (Å²) >= 11 is 1.93. The number of pyridine rings is 1. The van der Waals surface area contributed by atoms with Gasteiger partial charge in [0, 0.05) is 11.4 Å². The van der Waals surface area contributed by atoms with Gasteiger partial charge in [-0.1, -0.05) is 25.8 Å². The van der Waals surface area contributed by atoms with E-state index in [4.69, 9.17) is 5.73 Å². The van der Waals surface area contributed by atoms with E-state index >= 15 is 0 Å². The van der Waals surface area contributed by atoms with E-state index in [0.29, 0.717) is 11.2 Å². The molecule has 1 aromatic heterocycles. The van der Waals surface area contributed by atoms with Crippen molar-refractivity contribution < 1.29 is 0 Å². The predicted octanol–water partition coefficient (Wildman–Crippen LogP) is 3.33. The van der Waals surface area contributed by atoms with Gasteiger partial charge in [-0.05, 0) is 43.4 Å². The molecule has 0 saturated heterocycles. The fourth-order valence-electron chi connectivity index (χ4n) is 2.63. The number of nitrogens with two attached hydrogens (primary N) is 1. The summed E-state index contributed by atoms with van der Waals surface area (Å²) in [7, 11) is 0. The molecule has 1 heterocycles. The second-order valence-corrected chi connectivity index (χ2v) is 6.17. The van der Waals surface area contributed by atoms with Gasteiger partial charge in [-0.15, -0.1) is 11.8 Å². The first-order chi connectivity index (χ1) is 8.33. The van der Waals surface area contributed by atoms with Crippen molar-refractivity contribution in [2.45, 2.75) is 42.9 Å². The summed E-state index contributed by atoms with van der Waals surface area (Å²) in [5.41, 5.74) is 5.90. The van der Waals surface area contributed by atoms with Gasteiger partial charge in [-0.2, -0.15) is 0 Å². The van der Waals surface area contributed by atoms with Gasteiger partial charge in [0.1, 0.15) is 0 Å². The molecule has 2 N–H and O–H groups in total. The lowest BCUT2D eigenvalue weighted by Gasteiger charge is -2.34. The lowest BCUT2D eigenvalue weighted by atomic mass is 9.80. The lowest BCUT2D eigenvalue weighted by Crippen LogP contribution is -2.32. The average Bonchev–Trinajstić information content (AvgIpc) is 2.40. The number of hydrogen-bond donors (Lipinski definition) is 1. The molecule has 2 nitrogen and oxygen atoms in total. The number of aromatic nitrogens is 1. The largest absolute Gasteiger partial charge is 0.330 e. The zero-order valence-corrected chi connectivity index (χ0v) is 11.3. The van der Waals surface area contributed by atoms with Crippen LogP contribution in [0.1, 0.15) is 32.6 Å². The molecular weight excluding hydrogens is 228 g/mol. The summed E-state index contributed by atoms with van der Waals surface area (Å²) in [5, 5.41) is 1.81. The molecule has 3 unspecified atom stereocenters. The van der Waals surface area contributed by atoms with Crippen LogP contribution in [0.2, 0.25) is 0 Å². The van der Waals surface area contributed by atoms with Crippen LogP contribution < -0.4 is 5.73 Å². The molecule has 3 atom stereocenters. The van der Waals surface area contributed by atoms with Crippen LogP contribution >= 0.6 is 11.8 Å². The number of nitrogens with zero attached hydrogens (tertiary/aromatic N) is 1. The van der Waals surface area contributed by atoms with Crippen molar-refractivity contribution in [3.8, 4) is 0 Å². The lowest BCUT2D eigenvalue weighted by molar-refractivity contribution is 0.283. The maximum absolute atomic E-state index is 5.90. The molecule has 0 aliphatic heterocycles. The fraction of sp³-hybridized carbons (Fsp3) is 0.643. The molecule has 1 aromatic rings. The Morgan fingerprint density at radius 3 is 2.94 bits per heavy atom. The first kappa shape index (κ1) is 12.9. The minimum Gasteiger partial charge on any atom is -0.330 e. The van der Waals surface area contributed by atoms with Crippen LogP contribution in [0.5, 0.6) is 0 Å². The Hall–Kier alpha value is -0.540. The molecule has 0 aromatic carbocycles. The molecule has 0 spiro atoms. The molecular formula is C14H22N2S. The summed E-state index contributed by atoms with van der Waals surface area (Å²) in [6, 6.07) is 6.14. The molecule has 94 valence electrons. The van der Waals surface area contributed by atoms with E-state index in [0.717, 1.165) is 17.5 Å². The summed E-state index contributed by atoms with van der Waals surface area (Å²) in [6.45, 7) is 3.12. The van der Waals surface area contributed by atoms with Gasteiger partial charge in [0.2, 0.25) is 0 Å². The van der Waals surface area contributed by atoms with Crippen LogP contribution in [0.25, 0.3) is 0 Å². The van der Waals surface area contributed by atoms with Gasteiger partial charge in [-0.25, -0.2) is 4.98 Å². The molecule has 0 amide bonds. The molecule has 17 heavy (non-hydrogen) atoms. The second-order valence-electron chi connectivity index (χ2n) is 4.91. The smallest absolute Gasteiger partial charge is 0.0962 e. The Bertz CT molecular complexity index is 328. The maximum Gasteiger partial charge on any atom is 0.0962 e. The Kier molecular flexibility index (Phi) is 4.86. The normalized spacial score (nSPS) is 29.2. The van der Waals surface area contributed by atoms with E-state index in [1.807, 2.05) is 24.0 Å². The molecule has 3 heteroatoms. The SMILES string of the molecule is CCC1CCC(CN)C(Sc2ccccn2)C1. The molecule has 1 saturated carbocycles. The van der Waals surface area contributed by atoms with Crippen LogP contribution in [-0.2, 0) is 0 Å². The van der Waals surface area contributed by atoms with Crippen LogP contribution in [0.4, 0.5) is 0 Å². The highest BCUT2D eigenvalue weighted by Crippen LogP contribution is 2.39. The summed E-state index contributed by atoms with van der Waals surface area (Å²) in [6.07, 6.45) is 7.13. The predicted molar refractivity (Wildman–Crippen MR) is 74.1 cm³/mol. The monoisotopic (exact) mass is 250 g/mol. The van der Waals surface area contributed by atoms with Gasteiger partial charge in [0.05, 0.1) is 5.03 Å². The molecule has 1 aliphatic carbocycles. The van der Waals surface area contributed by atoms with Crippen LogP contribution in [0, 0.1) is 11.8 Å². The van der Waals surface area contributed by atoms with Gasteiger partial charge < -0.3 is 5.73 Å². The third-order valence-electron chi connectivity index (χ3n) is 3.83.